The minimum atomic E-state index is -0.347. The number of nitrogens with two attached hydrogens (primary N) is 1. The zero-order valence-corrected chi connectivity index (χ0v) is 15.7. The van der Waals surface area contributed by atoms with Crippen molar-refractivity contribution in [1.82, 2.24) is 4.98 Å². The van der Waals surface area contributed by atoms with Crippen LogP contribution in [0.1, 0.15) is 19.5 Å². The SMILES string of the molecule is CCN(CC)c1ccc(-c2ccc(-c3nc(/C=C/N)ccc3F)cc2)cc1. The van der Waals surface area contributed by atoms with Crippen molar-refractivity contribution in [1.29, 1.82) is 0 Å². The van der Waals surface area contributed by atoms with Gasteiger partial charge in [-0.05, 0) is 61.5 Å². The van der Waals surface area contributed by atoms with Crippen LogP contribution in [-0.4, -0.2) is 18.1 Å². The summed E-state index contributed by atoms with van der Waals surface area (Å²) in [5.74, 6) is -0.347. The lowest BCUT2D eigenvalue weighted by molar-refractivity contribution is 0.625. The van der Waals surface area contributed by atoms with E-state index in [0.29, 0.717) is 11.4 Å². The predicted molar refractivity (Wildman–Crippen MR) is 112 cm³/mol. The minimum absolute atomic E-state index is 0.328. The van der Waals surface area contributed by atoms with Crippen LogP contribution in [0.25, 0.3) is 28.5 Å². The van der Waals surface area contributed by atoms with E-state index in [4.69, 9.17) is 5.73 Å². The number of hydrogen-bond donors (Lipinski definition) is 1. The maximum atomic E-state index is 14.2. The summed E-state index contributed by atoms with van der Waals surface area (Å²) in [5.41, 5.74) is 10.5. The first-order valence-electron chi connectivity index (χ1n) is 9.17. The molecule has 0 amide bonds. The second-order valence-corrected chi connectivity index (χ2v) is 6.22. The van der Waals surface area contributed by atoms with E-state index < -0.39 is 0 Å². The van der Waals surface area contributed by atoms with Crippen LogP contribution in [0.15, 0.2) is 66.9 Å². The van der Waals surface area contributed by atoms with Crippen LogP contribution in [0.5, 0.6) is 0 Å². The number of anilines is 1. The van der Waals surface area contributed by atoms with Crippen LogP contribution < -0.4 is 10.6 Å². The molecule has 0 fully saturated rings. The highest BCUT2D eigenvalue weighted by atomic mass is 19.1. The van der Waals surface area contributed by atoms with Gasteiger partial charge in [-0.25, -0.2) is 9.37 Å². The molecule has 2 N–H and O–H groups in total. The molecule has 0 aliphatic rings. The molecule has 0 atom stereocenters. The molecule has 0 saturated heterocycles. The lowest BCUT2D eigenvalue weighted by Gasteiger charge is -2.21. The highest BCUT2D eigenvalue weighted by Crippen LogP contribution is 2.27. The Labute approximate surface area is 160 Å². The summed E-state index contributed by atoms with van der Waals surface area (Å²) >= 11 is 0. The van der Waals surface area contributed by atoms with E-state index >= 15 is 0 Å². The number of aromatic nitrogens is 1. The van der Waals surface area contributed by atoms with E-state index in [1.165, 1.54) is 18.0 Å². The van der Waals surface area contributed by atoms with Gasteiger partial charge in [0, 0.05) is 24.3 Å². The summed E-state index contributed by atoms with van der Waals surface area (Å²) in [4.78, 5) is 6.65. The molecule has 1 heterocycles. The third-order valence-corrected chi connectivity index (χ3v) is 4.62. The molecule has 27 heavy (non-hydrogen) atoms. The van der Waals surface area contributed by atoms with E-state index in [0.717, 1.165) is 29.8 Å². The van der Waals surface area contributed by atoms with Crippen LogP contribution in [0.2, 0.25) is 0 Å². The molecule has 0 saturated carbocycles. The van der Waals surface area contributed by atoms with Crippen LogP contribution in [0.4, 0.5) is 10.1 Å². The highest BCUT2D eigenvalue weighted by Gasteiger charge is 2.08. The first-order chi connectivity index (χ1) is 13.2. The van der Waals surface area contributed by atoms with Gasteiger partial charge in [-0.1, -0.05) is 36.4 Å². The van der Waals surface area contributed by atoms with Crippen molar-refractivity contribution >= 4 is 11.8 Å². The fourth-order valence-corrected chi connectivity index (χ4v) is 3.13. The number of pyridine rings is 1. The van der Waals surface area contributed by atoms with Crippen LogP contribution in [0.3, 0.4) is 0 Å². The van der Waals surface area contributed by atoms with Crippen molar-refractivity contribution in [2.45, 2.75) is 13.8 Å². The number of rotatable bonds is 6. The Balaban J connectivity index is 1.87. The van der Waals surface area contributed by atoms with Gasteiger partial charge < -0.3 is 10.6 Å². The molecular weight excluding hydrogens is 337 g/mol. The van der Waals surface area contributed by atoms with Crippen molar-refractivity contribution in [3.8, 4) is 22.4 Å². The monoisotopic (exact) mass is 361 g/mol. The van der Waals surface area contributed by atoms with Crippen LogP contribution in [0, 0.1) is 5.82 Å². The standard InChI is InChI=1S/C23H24FN3/c1-3-27(4-2)21-12-9-18(10-13-21)17-5-7-19(8-6-17)23-22(24)14-11-20(26-23)15-16-25/h5-16H,3-4,25H2,1-2H3/b16-15+. The van der Waals surface area contributed by atoms with E-state index in [1.807, 2.05) is 24.3 Å². The zero-order valence-electron chi connectivity index (χ0n) is 15.7. The maximum absolute atomic E-state index is 14.2. The number of benzene rings is 2. The van der Waals surface area contributed by atoms with Gasteiger partial charge in [-0.3, -0.25) is 0 Å². The summed E-state index contributed by atoms with van der Waals surface area (Å²) in [6, 6.07) is 19.3. The van der Waals surface area contributed by atoms with Gasteiger partial charge in [0.05, 0.1) is 5.69 Å². The predicted octanol–water partition coefficient (Wildman–Crippen LogP) is 5.33. The van der Waals surface area contributed by atoms with Crippen LogP contribution in [-0.2, 0) is 0 Å². The lowest BCUT2D eigenvalue weighted by Crippen LogP contribution is -2.21. The summed E-state index contributed by atoms with van der Waals surface area (Å²) < 4.78 is 14.2. The number of nitrogens with zero attached hydrogens (tertiary/aromatic N) is 2. The summed E-state index contributed by atoms with van der Waals surface area (Å²) in [6.45, 7) is 6.28. The van der Waals surface area contributed by atoms with Gasteiger partial charge in [0.2, 0.25) is 0 Å². The topological polar surface area (TPSA) is 42.2 Å². The third-order valence-electron chi connectivity index (χ3n) is 4.62. The van der Waals surface area contributed by atoms with Gasteiger partial charge in [0.1, 0.15) is 11.5 Å². The summed E-state index contributed by atoms with van der Waals surface area (Å²) in [5, 5.41) is 0. The highest BCUT2D eigenvalue weighted by molar-refractivity contribution is 5.71. The molecule has 1 aromatic heterocycles. The fraction of sp³-hybridized carbons (Fsp3) is 0.174. The fourth-order valence-electron chi connectivity index (χ4n) is 3.13. The second kappa shape index (κ2) is 8.49. The largest absolute Gasteiger partial charge is 0.405 e. The van der Waals surface area contributed by atoms with Gasteiger partial charge in [-0.15, -0.1) is 0 Å². The van der Waals surface area contributed by atoms with E-state index in [9.17, 15) is 4.39 Å². The Hall–Kier alpha value is -3.14. The summed E-state index contributed by atoms with van der Waals surface area (Å²) in [6.07, 6.45) is 3.05. The molecule has 3 rings (SSSR count). The Bertz CT molecular complexity index is 911. The van der Waals surface area contributed by atoms with Crippen molar-refractivity contribution in [2.75, 3.05) is 18.0 Å². The first-order valence-corrected chi connectivity index (χ1v) is 9.17. The second-order valence-electron chi connectivity index (χ2n) is 6.22. The van der Waals surface area contributed by atoms with Crippen molar-refractivity contribution in [3.05, 3.63) is 78.4 Å². The third kappa shape index (κ3) is 4.17. The Morgan fingerprint density at radius 2 is 1.41 bits per heavy atom. The molecule has 3 aromatic rings. The molecule has 0 spiro atoms. The average Bonchev–Trinajstić information content (AvgIpc) is 2.71. The normalized spacial score (nSPS) is 11.1. The van der Waals surface area contributed by atoms with Gasteiger partial charge in [0.25, 0.3) is 0 Å². The van der Waals surface area contributed by atoms with Gasteiger partial charge in [0.15, 0.2) is 0 Å². The quantitative estimate of drug-likeness (QED) is 0.645. The molecule has 4 heteroatoms. The molecule has 0 aliphatic heterocycles. The molecule has 2 aromatic carbocycles. The average molecular weight is 361 g/mol. The molecule has 0 unspecified atom stereocenters. The molecule has 138 valence electrons. The van der Waals surface area contributed by atoms with E-state index in [2.05, 4.69) is 48.0 Å². The molecule has 0 aliphatic carbocycles. The molecule has 3 nitrogen and oxygen atoms in total. The van der Waals surface area contributed by atoms with Crippen LogP contribution >= 0.6 is 0 Å². The van der Waals surface area contributed by atoms with Crippen molar-refractivity contribution in [2.24, 2.45) is 5.73 Å². The Kier molecular flexibility index (Phi) is 5.87. The Morgan fingerprint density at radius 3 is 1.96 bits per heavy atom. The lowest BCUT2D eigenvalue weighted by atomic mass is 10.0. The van der Waals surface area contributed by atoms with Gasteiger partial charge in [-0.2, -0.15) is 0 Å². The van der Waals surface area contributed by atoms with Gasteiger partial charge >= 0.3 is 0 Å². The summed E-state index contributed by atoms with van der Waals surface area (Å²) in [7, 11) is 0. The van der Waals surface area contributed by atoms with E-state index in [-0.39, 0.29) is 5.82 Å². The molecular formula is C23H24FN3. The first kappa shape index (κ1) is 18.6. The Morgan fingerprint density at radius 1 is 0.852 bits per heavy atom. The van der Waals surface area contributed by atoms with Crippen molar-refractivity contribution < 1.29 is 4.39 Å². The smallest absolute Gasteiger partial charge is 0.149 e. The minimum Gasteiger partial charge on any atom is -0.405 e. The van der Waals surface area contributed by atoms with E-state index in [1.54, 1.807) is 12.1 Å². The van der Waals surface area contributed by atoms with Crippen molar-refractivity contribution in [3.63, 3.8) is 0 Å². The zero-order chi connectivity index (χ0) is 19.2. The molecule has 0 radical (unpaired) electrons. The molecule has 0 bridgehead atoms. The maximum Gasteiger partial charge on any atom is 0.149 e. The number of hydrogen-bond acceptors (Lipinski definition) is 3. The number of halogens is 1.